The van der Waals surface area contributed by atoms with E-state index in [0.717, 1.165) is 24.6 Å². The summed E-state index contributed by atoms with van der Waals surface area (Å²) in [6.07, 6.45) is 3.01. The molecule has 1 rings (SSSR count). The van der Waals surface area contributed by atoms with E-state index in [1.807, 2.05) is 0 Å². The standard InChI is InChI=1S/C12H22BrNO/c1-5-12(4,6-7-13)14-10(15)9-8-11(9,2)3/h9H,5-8H2,1-4H3,(H,14,15). The highest BCUT2D eigenvalue weighted by Crippen LogP contribution is 2.51. The summed E-state index contributed by atoms with van der Waals surface area (Å²) >= 11 is 3.44. The molecule has 0 aromatic rings. The van der Waals surface area contributed by atoms with E-state index in [-0.39, 0.29) is 22.8 Å². The number of hydrogen-bond acceptors (Lipinski definition) is 1. The number of alkyl halides is 1. The van der Waals surface area contributed by atoms with Crippen molar-refractivity contribution in [3.05, 3.63) is 0 Å². The minimum absolute atomic E-state index is 0.0424. The lowest BCUT2D eigenvalue weighted by Gasteiger charge is -2.29. The van der Waals surface area contributed by atoms with Crippen LogP contribution in [0.2, 0.25) is 0 Å². The van der Waals surface area contributed by atoms with Crippen LogP contribution in [0.15, 0.2) is 0 Å². The molecule has 2 unspecified atom stereocenters. The first kappa shape index (κ1) is 13.0. The van der Waals surface area contributed by atoms with Gasteiger partial charge in [-0.25, -0.2) is 0 Å². The summed E-state index contributed by atoms with van der Waals surface area (Å²) in [4.78, 5) is 11.9. The first-order chi connectivity index (χ1) is 6.84. The van der Waals surface area contributed by atoms with Gasteiger partial charge in [0.2, 0.25) is 5.91 Å². The maximum Gasteiger partial charge on any atom is 0.224 e. The third-order valence-corrected chi connectivity index (χ3v) is 4.08. The smallest absolute Gasteiger partial charge is 0.224 e. The molecular weight excluding hydrogens is 254 g/mol. The van der Waals surface area contributed by atoms with Crippen molar-refractivity contribution in [2.75, 3.05) is 5.33 Å². The van der Waals surface area contributed by atoms with Gasteiger partial charge in [-0.2, -0.15) is 0 Å². The van der Waals surface area contributed by atoms with Gasteiger partial charge in [0.1, 0.15) is 0 Å². The van der Waals surface area contributed by atoms with Crippen molar-refractivity contribution < 1.29 is 4.79 Å². The predicted octanol–water partition coefficient (Wildman–Crippen LogP) is 3.10. The van der Waals surface area contributed by atoms with E-state index < -0.39 is 0 Å². The summed E-state index contributed by atoms with van der Waals surface area (Å²) in [6.45, 7) is 8.57. The molecule has 0 bridgehead atoms. The molecule has 0 aliphatic heterocycles. The van der Waals surface area contributed by atoms with Gasteiger partial charge in [0, 0.05) is 16.8 Å². The molecule has 1 aliphatic carbocycles. The van der Waals surface area contributed by atoms with Crippen molar-refractivity contribution >= 4 is 21.8 Å². The van der Waals surface area contributed by atoms with Gasteiger partial charge in [0.05, 0.1) is 0 Å². The van der Waals surface area contributed by atoms with E-state index in [0.29, 0.717) is 0 Å². The molecule has 0 aromatic carbocycles. The molecule has 1 fully saturated rings. The van der Waals surface area contributed by atoms with Gasteiger partial charge < -0.3 is 5.32 Å². The molecule has 1 aliphatic rings. The van der Waals surface area contributed by atoms with Crippen LogP contribution < -0.4 is 5.32 Å². The van der Waals surface area contributed by atoms with Gasteiger partial charge in [0.15, 0.2) is 0 Å². The average molecular weight is 276 g/mol. The molecule has 0 saturated heterocycles. The fourth-order valence-electron chi connectivity index (χ4n) is 1.84. The van der Waals surface area contributed by atoms with Crippen molar-refractivity contribution in [2.24, 2.45) is 11.3 Å². The van der Waals surface area contributed by atoms with Crippen LogP contribution in [-0.4, -0.2) is 16.8 Å². The predicted molar refractivity (Wildman–Crippen MR) is 67.1 cm³/mol. The maximum atomic E-state index is 11.9. The van der Waals surface area contributed by atoms with Crippen molar-refractivity contribution in [1.82, 2.24) is 5.32 Å². The van der Waals surface area contributed by atoms with Crippen LogP contribution >= 0.6 is 15.9 Å². The Morgan fingerprint density at radius 3 is 2.47 bits per heavy atom. The number of halogens is 1. The summed E-state index contributed by atoms with van der Waals surface area (Å²) < 4.78 is 0. The maximum absolute atomic E-state index is 11.9. The molecule has 3 heteroatoms. The summed E-state index contributed by atoms with van der Waals surface area (Å²) in [6, 6.07) is 0. The Balaban J connectivity index is 2.49. The van der Waals surface area contributed by atoms with Crippen molar-refractivity contribution in [2.45, 2.75) is 52.5 Å². The monoisotopic (exact) mass is 275 g/mol. The lowest BCUT2D eigenvalue weighted by Crippen LogP contribution is -2.46. The zero-order valence-electron chi connectivity index (χ0n) is 10.2. The van der Waals surface area contributed by atoms with Gasteiger partial charge in [0.25, 0.3) is 0 Å². The Morgan fingerprint density at radius 1 is 1.60 bits per heavy atom. The molecule has 2 atom stereocenters. The molecule has 0 radical (unpaired) electrons. The quantitative estimate of drug-likeness (QED) is 0.768. The lowest BCUT2D eigenvalue weighted by molar-refractivity contribution is -0.124. The highest BCUT2D eigenvalue weighted by molar-refractivity contribution is 9.09. The first-order valence-corrected chi connectivity index (χ1v) is 6.85. The number of amides is 1. The van der Waals surface area contributed by atoms with Gasteiger partial charge in [-0.15, -0.1) is 0 Å². The van der Waals surface area contributed by atoms with Gasteiger partial charge in [-0.3, -0.25) is 4.79 Å². The Hall–Kier alpha value is -0.0500. The van der Waals surface area contributed by atoms with E-state index >= 15 is 0 Å². The van der Waals surface area contributed by atoms with Crippen LogP contribution in [0.3, 0.4) is 0 Å². The third-order valence-electron chi connectivity index (χ3n) is 3.68. The Kier molecular flexibility index (Phi) is 3.85. The average Bonchev–Trinajstić information content (AvgIpc) is 2.76. The highest BCUT2D eigenvalue weighted by Gasteiger charge is 2.51. The van der Waals surface area contributed by atoms with Crippen LogP contribution in [0.4, 0.5) is 0 Å². The van der Waals surface area contributed by atoms with E-state index in [9.17, 15) is 4.79 Å². The molecule has 0 heterocycles. The van der Waals surface area contributed by atoms with Crippen LogP contribution in [0, 0.1) is 11.3 Å². The molecular formula is C12H22BrNO. The molecule has 15 heavy (non-hydrogen) atoms. The molecule has 0 spiro atoms. The second-order valence-corrected chi connectivity index (χ2v) is 6.38. The second kappa shape index (κ2) is 4.44. The summed E-state index contributed by atoms with van der Waals surface area (Å²) in [7, 11) is 0. The zero-order chi connectivity index (χ0) is 11.7. The summed E-state index contributed by atoms with van der Waals surface area (Å²) in [5, 5.41) is 4.13. The molecule has 88 valence electrons. The van der Waals surface area contributed by atoms with Crippen LogP contribution in [-0.2, 0) is 4.79 Å². The normalized spacial score (nSPS) is 26.9. The molecule has 0 aromatic heterocycles. The topological polar surface area (TPSA) is 29.1 Å². The van der Waals surface area contributed by atoms with Gasteiger partial charge in [-0.05, 0) is 31.6 Å². The molecule has 1 N–H and O–H groups in total. The minimum Gasteiger partial charge on any atom is -0.351 e. The Labute approximate surface area is 101 Å². The van der Waals surface area contributed by atoms with Crippen molar-refractivity contribution in [3.8, 4) is 0 Å². The van der Waals surface area contributed by atoms with E-state index in [4.69, 9.17) is 0 Å². The fraction of sp³-hybridized carbons (Fsp3) is 0.917. The summed E-state index contributed by atoms with van der Waals surface area (Å²) in [5.74, 6) is 0.476. The fourth-order valence-corrected chi connectivity index (χ4v) is 2.71. The number of nitrogens with one attached hydrogen (secondary N) is 1. The lowest BCUT2D eigenvalue weighted by atomic mass is 9.95. The van der Waals surface area contributed by atoms with Crippen LogP contribution in [0.25, 0.3) is 0 Å². The van der Waals surface area contributed by atoms with Crippen LogP contribution in [0.5, 0.6) is 0 Å². The number of carbonyl (C=O) groups excluding carboxylic acids is 1. The van der Waals surface area contributed by atoms with E-state index in [1.165, 1.54) is 0 Å². The van der Waals surface area contributed by atoms with Crippen molar-refractivity contribution in [1.29, 1.82) is 0 Å². The largest absolute Gasteiger partial charge is 0.351 e. The minimum atomic E-state index is -0.0424. The van der Waals surface area contributed by atoms with E-state index in [2.05, 4.69) is 48.9 Å². The zero-order valence-corrected chi connectivity index (χ0v) is 11.8. The Bertz CT molecular complexity index is 252. The third kappa shape index (κ3) is 3.20. The second-order valence-electron chi connectivity index (χ2n) is 5.59. The van der Waals surface area contributed by atoms with Crippen molar-refractivity contribution in [3.63, 3.8) is 0 Å². The highest BCUT2D eigenvalue weighted by atomic mass is 79.9. The molecule has 1 saturated carbocycles. The number of rotatable bonds is 5. The molecule has 2 nitrogen and oxygen atoms in total. The first-order valence-electron chi connectivity index (χ1n) is 5.72. The Morgan fingerprint density at radius 2 is 2.13 bits per heavy atom. The number of hydrogen-bond donors (Lipinski definition) is 1. The van der Waals surface area contributed by atoms with Gasteiger partial charge >= 0.3 is 0 Å². The SMILES string of the molecule is CCC(C)(CCBr)NC(=O)C1CC1(C)C. The molecule has 1 amide bonds. The van der Waals surface area contributed by atoms with Gasteiger partial charge in [-0.1, -0.05) is 36.7 Å². The van der Waals surface area contributed by atoms with Crippen LogP contribution in [0.1, 0.15) is 47.0 Å². The summed E-state index contributed by atoms with van der Waals surface area (Å²) in [5.41, 5.74) is 0.187. The van der Waals surface area contributed by atoms with E-state index in [1.54, 1.807) is 0 Å². The number of carbonyl (C=O) groups is 1.